The van der Waals surface area contributed by atoms with E-state index in [0.29, 0.717) is 12.8 Å². The monoisotopic (exact) mass is 1330 g/mol. The summed E-state index contributed by atoms with van der Waals surface area (Å²) in [5.41, 5.74) is 0. The molecule has 12 unspecified atom stereocenters. The summed E-state index contributed by atoms with van der Waals surface area (Å²) < 4.78 is 23.0. The number of hydrogen-bond acceptors (Lipinski definition) is 13. The van der Waals surface area contributed by atoms with Crippen LogP contribution in [0.1, 0.15) is 406 Å². The molecule has 2 aliphatic heterocycles. The van der Waals surface area contributed by atoms with Crippen molar-refractivity contribution < 1.29 is 64.6 Å². The summed E-state index contributed by atoms with van der Waals surface area (Å²) in [6.07, 6.45) is 63.0. The standard InChI is InChI=1S/C79H155NO13/c1-3-5-7-9-11-13-15-17-19-21-23-25-27-29-31-32-33-34-35-37-38-40-42-44-46-48-50-52-54-56-58-60-62-68(83)67(66-90-78-76(89)74(87)77(70(65-82)92-78)93-79-75(88)73(86)72(85)69(64-81)91-79)80-71(84)63-61-59-57-55-53-51-49-47-45-43-41-39-36-30-28-26-24-22-20-18-16-14-12-10-8-6-4-2/h67-70,72-79,81-83,85-89H,3-66H2,1-2H3,(H,80,84). The zero-order valence-electron chi connectivity index (χ0n) is 60.8. The van der Waals surface area contributed by atoms with Crippen LogP contribution in [0.3, 0.4) is 0 Å². The molecule has 2 heterocycles. The van der Waals surface area contributed by atoms with Gasteiger partial charge in [-0.2, -0.15) is 0 Å². The molecule has 0 saturated carbocycles. The smallest absolute Gasteiger partial charge is 0.220 e. The Hall–Kier alpha value is -1.01. The van der Waals surface area contributed by atoms with Crippen LogP contribution in [0, 0.1) is 0 Å². The fourth-order valence-electron chi connectivity index (χ4n) is 14.1. The summed E-state index contributed by atoms with van der Waals surface area (Å²) in [5, 5.41) is 87.9. The van der Waals surface area contributed by atoms with E-state index in [2.05, 4.69) is 19.2 Å². The predicted octanol–water partition coefficient (Wildman–Crippen LogP) is 18.3. The molecular weight excluding hydrogens is 1170 g/mol. The molecule has 93 heavy (non-hydrogen) atoms. The predicted molar refractivity (Wildman–Crippen MR) is 383 cm³/mol. The van der Waals surface area contributed by atoms with Gasteiger partial charge in [-0.15, -0.1) is 0 Å². The van der Waals surface area contributed by atoms with Crippen molar-refractivity contribution in [2.75, 3.05) is 19.8 Å². The summed E-state index contributed by atoms with van der Waals surface area (Å²) in [7, 11) is 0. The second-order valence-corrected chi connectivity index (χ2v) is 29.3. The van der Waals surface area contributed by atoms with E-state index in [1.807, 2.05) is 0 Å². The van der Waals surface area contributed by atoms with Crippen molar-refractivity contribution in [2.24, 2.45) is 0 Å². The third-order valence-electron chi connectivity index (χ3n) is 20.6. The Morgan fingerprint density at radius 1 is 0.344 bits per heavy atom. The third-order valence-corrected chi connectivity index (χ3v) is 20.6. The van der Waals surface area contributed by atoms with E-state index < -0.39 is 86.8 Å². The first-order valence-corrected chi connectivity index (χ1v) is 40.8. The number of hydrogen-bond donors (Lipinski definition) is 9. The lowest BCUT2D eigenvalue weighted by atomic mass is 9.97. The second kappa shape index (κ2) is 64.4. The third kappa shape index (κ3) is 47.6. The maximum Gasteiger partial charge on any atom is 0.220 e. The van der Waals surface area contributed by atoms with Gasteiger partial charge in [-0.25, -0.2) is 0 Å². The van der Waals surface area contributed by atoms with Crippen LogP contribution in [0.4, 0.5) is 0 Å². The summed E-state index contributed by atoms with van der Waals surface area (Å²) in [6, 6.07) is -0.826. The molecule has 0 radical (unpaired) electrons. The molecule has 554 valence electrons. The molecule has 2 rings (SSSR count). The Balaban J connectivity index is 1.59. The zero-order valence-corrected chi connectivity index (χ0v) is 60.8. The van der Waals surface area contributed by atoms with Crippen LogP contribution in [0.25, 0.3) is 0 Å². The number of carbonyl (C=O) groups excluding carboxylic acids is 1. The van der Waals surface area contributed by atoms with Gasteiger partial charge >= 0.3 is 0 Å². The Morgan fingerprint density at radius 2 is 0.613 bits per heavy atom. The van der Waals surface area contributed by atoms with Gasteiger partial charge in [-0.05, 0) is 12.8 Å². The number of unbranched alkanes of at least 4 members (excludes halogenated alkanes) is 57. The molecule has 9 N–H and O–H groups in total. The minimum atomic E-state index is -1.78. The largest absolute Gasteiger partial charge is 0.394 e. The molecule has 0 aromatic heterocycles. The average Bonchev–Trinajstić information content (AvgIpc) is 0.854. The van der Waals surface area contributed by atoms with E-state index in [1.54, 1.807) is 0 Å². The molecule has 0 aliphatic carbocycles. The lowest BCUT2D eigenvalue weighted by Gasteiger charge is -2.46. The number of ether oxygens (including phenoxy) is 4. The molecule has 2 fully saturated rings. The van der Waals surface area contributed by atoms with Gasteiger partial charge in [0, 0.05) is 6.42 Å². The van der Waals surface area contributed by atoms with Crippen LogP contribution in [0.2, 0.25) is 0 Å². The Bertz CT molecular complexity index is 1560. The van der Waals surface area contributed by atoms with Crippen LogP contribution in [-0.2, 0) is 23.7 Å². The highest BCUT2D eigenvalue weighted by atomic mass is 16.7. The van der Waals surface area contributed by atoms with E-state index in [0.717, 1.165) is 51.4 Å². The van der Waals surface area contributed by atoms with Gasteiger partial charge in [0.15, 0.2) is 12.6 Å². The summed E-state index contributed by atoms with van der Waals surface area (Å²) >= 11 is 0. The summed E-state index contributed by atoms with van der Waals surface area (Å²) in [4.78, 5) is 13.4. The van der Waals surface area contributed by atoms with Crippen LogP contribution in [0.15, 0.2) is 0 Å². The minimum Gasteiger partial charge on any atom is -0.394 e. The van der Waals surface area contributed by atoms with E-state index in [-0.39, 0.29) is 12.5 Å². The molecule has 0 aromatic rings. The van der Waals surface area contributed by atoms with Crippen molar-refractivity contribution in [3.8, 4) is 0 Å². The number of nitrogens with one attached hydrogen (secondary N) is 1. The first kappa shape index (κ1) is 88.1. The molecular formula is C79H155NO13. The fourth-order valence-corrected chi connectivity index (χ4v) is 14.1. The van der Waals surface area contributed by atoms with E-state index in [9.17, 15) is 45.6 Å². The van der Waals surface area contributed by atoms with Crippen LogP contribution >= 0.6 is 0 Å². The SMILES string of the molecule is CCCCCCCCCCCCCCCCCCCCCCCCCCCCCCCCCCC(O)C(COC1OC(CO)C(OC2OC(CO)C(O)C(O)C2O)C(O)C1O)NC(=O)CCCCCCCCCCCCCCCCCCCCCCCCCCCCC. The lowest BCUT2D eigenvalue weighted by Crippen LogP contribution is -2.65. The molecule has 0 bridgehead atoms. The molecule has 1 amide bonds. The Morgan fingerprint density at radius 3 is 0.914 bits per heavy atom. The number of rotatable bonds is 70. The highest BCUT2D eigenvalue weighted by Gasteiger charge is 2.51. The van der Waals surface area contributed by atoms with Gasteiger partial charge in [-0.3, -0.25) is 4.79 Å². The van der Waals surface area contributed by atoms with E-state index in [4.69, 9.17) is 18.9 Å². The number of aliphatic hydroxyl groups is 8. The Kier molecular flexibility index (Phi) is 61.0. The van der Waals surface area contributed by atoms with Gasteiger partial charge in [0.1, 0.15) is 48.8 Å². The molecule has 2 aliphatic rings. The van der Waals surface area contributed by atoms with Crippen LogP contribution in [-0.4, -0.2) is 140 Å². The van der Waals surface area contributed by atoms with Gasteiger partial charge in [0.05, 0.1) is 32.0 Å². The zero-order chi connectivity index (χ0) is 67.3. The summed E-state index contributed by atoms with van der Waals surface area (Å²) in [5.74, 6) is -0.195. The number of aliphatic hydroxyl groups excluding tert-OH is 8. The van der Waals surface area contributed by atoms with Gasteiger partial charge < -0.3 is 65.1 Å². The van der Waals surface area contributed by atoms with Crippen LogP contribution in [0.5, 0.6) is 0 Å². The number of amides is 1. The molecule has 0 spiro atoms. The van der Waals surface area contributed by atoms with Gasteiger partial charge in [0.25, 0.3) is 0 Å². The maximum atomic E-state index is 13.4. The molecule has 12 atom stereocenters. The normalized spacial score (nSPS) is 22.4. The quantitative estimate of drug-likeness (QED) is 0.0259. The van der Waals surface area contributed by atoms with E-state index >= 15 is 0 Å². The van der Waals surface area contributed by atoms with Crippen molar-refractivity contribution in [3.63, 3.8) is 0 Å². The Labute approximate surface area is 572 Å². The van der Waals surface area contributed by atoms with Crippen LogP contribution < -0.4 is 5.32 Å². The lowest BCUT2D eigenvalue weighted by molar-refractivity contribution is -0.359. The molecule has 14 nitrogen and oxygen atoms in total. The minimum absolute atomic E-state index is 0.195. The van der Waals surface area contributed by atoms with Gasteiger partial charge in [0.2, 0.25) is 5.91 Å². The molecule has 2 saturated heterocycles. The van der Waals surface area contributed by atoms with Crippen molar-refractivity contribution >= 4 is 5.91 Å². The second-order valence-electron chi connectivity index (χ2n) is 29.3. The highest BCUT2D eigenvalue weighted by Crippen LogP contribution is 2.31. The van der Waals surface area contributed by atoms with Crippen molar-refractivity contribution in [1.29, 1.82) is 0 Å². The van der Waals surface area contributed by atoms with Crippen molar-refractivity contribution in [3.05, 3.63) is 0 Å². The summed E-state index contributed by atoms with van der Waals surface area (Å²) in [6.45, 7) is 2.95. The van der Waals surface area contributed by atoms with Crippen molar-refractivity contribution in [1.82, 2.24) is 5.32 Å². The average molecular weight is 1330 g/mol. The highest BCUT2D eigenvalue weighted by molar-refractivity contribution is 5.76. The van der Waals surface area contributed by atoms with Gasteiger partial charge in [-0.1, -0.05) is 386 Å². The van der Waals surface area contributed by atoms with E-state index in [1.165, 1.54) is 327 Å². The molecule has 0 aromatic carbocycles. The maximum absolute atomic E-state index is 13.4. The fraction of sp³-hybridized carbons (Fsp3) is 0.987. The first-order chi connectivity index (χ1) is 45.6. The van der Waals surface area contributed by atoms with Crippen molar-refractivity contribution in [2.45, 2.75) is 479 Å². The topological polar surface area (TPSA) is 228 Å². The molecule has 14 heteroatoms. The number of carbonyl (C=O) groups is 1. The first-order valence-electron chi connectivity index (χ1n) is 40.8.